The van der Waals surface area contributed by atoms with Crippen LogP contribution in [-0.2, 0) is 17.5 Å². The zero-order valence-corrected chi connectivity index (χ0v) is 15.3. The van der Waals surface area contributed by atoms with E-state index in [0.29, 0.717) is 11.1 Å². The van der Waals surface area contributed by atoms with Gasteiger partial charge in [-0.05, 0) is 42.0 Å². The molecule has 1 fully saturated rings. The summed E-state index contributed by atoms with van der Waals surface area (Å²) in [5.41, 5.74) is 0.522. The molecule has 0 atom stereocenters. The zero-order chi connectivity index (χ0) is 19.4. The maximum atomic E-state index is 12.7. The minimum absolute atomic E-state index is 0.108. The molecule has 0 spiro atoms. The number of nitrogens with one attached hydrogen (secondary N) is 1. The highest BCUT2D eigenvalue weighted by Crippen LogP contribution is 2.31. The number of benzene rings is 1. The Labute approximate surface area is 159 Å². The summed E-state index contributed by atoms with van der Waals surface area (Å²) in [6.07, 6.45) is -2.42. The number of nitrogens with zero attached hydrogens (tertiary/aromatic N) is 1. The molecule has 4 nitrogen and oxygen atoms in total. The monoisotopic (exact) mass is 396 g/mol. The number of hydrogen-bond donors (Lipinski definition) is 1. The van der Waals surface area contributed by atoms with Crippen LogP contribution in [0.1, 0.15) is 40.7 Å². The van der Waals surface area contributed by atoms with Gasteiger partial charge in [0.2, 0.25) is 5.91 Å². The molecule has 0 saturated heterocycles. The third-order valence-electron chi connectivity index (χ3n) is 4.35. The van der Waals surface area contributed by atoms with Gasteiger partial charge in [0.25, 0.3) is 5.91 Å². The van der Waals surface area contributed by atoms with Crippen LogP contribution in [0.2, 0.25) is 0 Å². The van der Waals surface area contributed by atoms with Crippen molar-refractivity contribution >= 4 is 23.2 Å². The molecule has 1 heterocycles. The van der Waals surface area contributed by atoms with Crippen LogP contribution < -0.4 is 5.32 Å². The summed E-state index contributed by atoms with van der Waals surface area (Å²) in [5, 5.41) is 6.25. The lowest BCUT2D eigenvalue weighted by atomic mass is 10.1. The molecule has 1 N–H and O–H groups in total. The molecule has 1 saturated carbocycles. The highest BCUT2D eigenvalue weighted by atomic mass is 32.1. The van der Waals surface area contributed by atoms with Gasteiger partial charge >= 0.3 is 6.18 Å². The first-order chi connectivity index (χ1) is 12.8. The van der Waals surface area contributed by atoms with Crippen molar-refractivity contribution in [2.24, 2.45) is 0 Å². The van der Waals surface area contributed by atoms with Gasteiger partial charge in [0.15, 0.2) is 0 Å². The Kier molecular flexibility index (Phi) is 5.84. The Bertz CT molecular complexity index is 784. The largest absolute Gasteiger partial charge is 0.416 e. The van der Waals surface area contributed by atoms with Crippen LogP contribution in [0, 0.1) is 0 Å². The third-order valence-corrected chi connectivity index (χ3v) is 5.03. The predicted octanol–water partition coefficient (Wildman–Crippen LogP) is 4.08. The van der Waals surface area contributed by atoms with Crippen LogP contribution in [0.15, 0.2) is 41.1 Å². The highest BCUT2D eigenvalue weighted by Gasteiger charge is 2.33. The standard InChI is InChI=1S/C19H19F3N2O2S/c20-19(21,22)15-3-1-13(2-4-15)11-24(16-5-6-16)17(25)7-9-23-18(26)14-8-10-27-12-14/h1-4,8,10,12,16H,5-7,9,11H2,(H,23,26). The van der Waals surface area contributed by atoms with Crippen molar-refractivity contribution in [1.29, 1.82) is 0 Å². The van der Waals surface area contributed by atoms with E-state index in [1.807, 2.05) is 0 Å². The van der Waals surface area contributed by atoms with Crippen molar-refractivity contribution in [2.75, 3.05) is 6.54 Å². The topological polar surface area (TPSA) is 49.4 Å². The van der Waals surface area contributed by atoms with Gasteiger partial charge in [0.1, 0.15) is 0 Å². The maximum absolute atomic E-state index is 12.7. The van der Waals surface area contributed by atoms with Crippen molar-refractivity contribution in [3.63, 3.8) is 0 Å². The number of carbonyl (C=O) groups is 2. The van der Waals surface area contributed by atoms with Crippen LogP contribution in [0.5, 0.6) is 0 Å². The molecule has 27 heavy (non-hydrogen) atoms. The van der Waals surface area contributed by atoms with Gasteiger partial charge in [-0.2, -0.15) is 24.5 Å². The molecule has 1 aromatic heterocycles. The summed E-state index contributed by atoms with van der Waals surface area (Å²) in [7, 11) is 0. The van der Waals surface area contributed by atoms with E-state index in [4.69, 9.17) is 0 Å². The Balaban J connectivity index is 1.54. The SMILES string of the molecule is O=C(NCCC(=O)N(Cc1ccc(C(F)(F)F)cc1)C1CC1)c1ccsc1. The van der Waals surface area contributed by atoms with Gasteiger partial charge < -0.3 is 10.2 Å². The molecule has 2 amide bonds. The van der Waals surface area contributed by atoms with E-state index in [0.717, 1.165) is 25.0 Å². The summed E-state index contributed by atoms with van der Waals surface area (Å²) in [6, 6.07) is 6.72. The Morgan fingerprint density at radius 3 is 2.41 bits per heavy atom. The molecular formula is C19H19F3N2O2S. The normalized spacial score (nSPS) is 14.0. The van der Waals surface area contributed by atoms with E-state index in [1.54, 1.807) is 21.7 Å². The van der Waals surface area contributed by atoms with Crippen molar-refractivity contribution in [3.05, 3.63) is 57.8 Å². The maximum Gasteiger partial charge on any atom is 0.416 e. The number of thiophene rings is 1. The van der Waals surface area contributed by atoms with Crippen LogP contribution in [0.25, 0.3) is 0 Å². The predicted molar refractivity (Wildman–Crippen MR) is 96.3 cm³/mol. The van der Waals surface area contributed by atoms with Gasteiger partial charge in [-0.1, -0.05) is 12.1 Å². The molecule has 2 aromatic rings. The quantitative estimate of drug-likeness (QED) is 0.767. The van der Waals surface area contributed by atoms with Crippen LogP contribution in [0.3, 0.4) is 0 Å². The average molecular weight is 396 g/mol. The summed E-state index contributed by atoms with van der Waals surface area (Å²) in [5.74, 6) is -0.326. The zero-order valence-electron chi connectivity index (χ0n) is 14.5. The fourth-order valence-electron chi connectivity index (χ4n) is 2.73. The third kappa shape index (κ3) is 5.32. The lowest BCUT2D eigenvalue weighted by Gasteiger charge is -2.23. The van der Waals surface area contributed by atoms with Gasteiger partial charge in [0, 0.05) is 36.5 Å². The molecule has 8 heteroatoms. The average Bonchev–Trinajstić information content (AvgIpc) is 3.31. The first-order valence-electron chi connectivity index (χ1n) is 8.60. The summed E-state index contributed by atoms with van der Waals surface area (Å²) >= 11 is 1.42. The van der Waals surface area contributed by atoms with Crippen molar-refractivity contribution in [3.8, 4) is 0 Å². The molecule has 0 bridgehead atoms. The highest BCUT2D eigenvalue weighted by molar-refractivity contribution is 7.08. The van der Waals surface area contributed by atoms with Gasteiger partial charge in [0.05, 0.1) is 5.56 Å². The molecule has 1 aromatic carbocycles. The van der Waals surface area contributed by atoms with Gasteiger partial charge in [-0.15, -0.1) is 0 Å². The number of carbonyl (C=O) groups excluding carboxylic acids is 2. The van der Waals surface area contributed by atoms with Crippen LogP contribution in [-0.4, -0.2) is 29.3 Å². The molecule has 1 aliphatic rings. The Morgan fingerprint density at radius 1 is 1.15 bits per heavy atom. The fraction of sp³-hybridized carbons (Fsp3) is 0.368. The van der Waals surface area contributed by atoms with E-state index in [9.17, 15) is 22.8 Å². The lowest BCUT2D eigenvalue weighted by molar-refractivity contribution is -0.137. The second-order valence-electron chi connectivity index (χ2n) is 6.47. The van der Waals surface area contributed by atoms with E-state index < -0.39 is 11.7 Å². The molecule has 144 valence electrons. The number of rotatable bonds is 7. The second kappa shape index (κ2) is 8.12. The minimum Gasteiger partial charge on any atom is -0.351 e. The smallest absolute Gasteiger partial charge is 0.351 e. The molecule has 0 aliphatic heterocycles. The van der Waals surface area contributed by atoms with Crippen LogP contribution in [0.4, 0.5) is 13.2 Å². The number of hydrogen-bond acceptors (Lipinski definition) is 3. The summed E-state index contributed by atoms with van der Waals surface area (Å²) in [6.45, 7) is 0.504. The number of halogens is 3. The van der Waals surface area contributed by atoms with Crippen molar-refractivity contribution in [1.82, 2.24) is 10.2 Å². The van der Waals surface area contributed by atoms with Crippen molar-refractivity contribution in [2.45, 2.75) is 38.0 Å². The molecule has 1 aliphatic carbocycles. The van der Waals surface area contributed by atoms with E-state index in [-0.39, 0.29) is 37.4 Å². The Morgan fingerprint density at radius 2 is 1.85 bits per heavy atom. The second-order valence-corrected chi connectivity index (χ2v) is 7.25. The Hall–Kier alpha value is -2.35. The van der Waals surface area contributed by atoms with E-state index in [2.05, 4.69) is 5.32 Å². The first-order valence-corrected chi connectivity index (χ1v) is 9.55. The summed E-state index contributed by atoms with van der Waals surface area (Å²) < 4.78 is 38.0. The fourth-order valence-corrected chi connectivity index (χ4v) is 3.36. The first kappa shape index (κ1) is 19.4. The molecule has 0 radical (unpaired) electrons. The van der Waals surface area contributed by atoms with Crippen LogP contribution >= 0.6 is 11.3 Å². The molecule has 0 unspecified atom stereocenters. The minimum atomic E-state index is -4.37. The van der Waals surface area contributed by atoms with Gasteiger partial charge in [-0.3, -0.25) is 9.59 Å². The van der Waals surface area contributed by atoms with Crippen molar-refractivity contribution < 1.29 is 22.8 Å². The molecule has 3 rings (SSSR count). The summed E-state index contributed by atoms with van der Waals surface area (Å²) in [4.78, 5) is 26.1. The molecular weight excluding hydrogens is 377 g/mol. The number of alkyl halides is 3. The van der Waals surface area contributed by atoms with E-state index >= 15 is 0 Å². The lowest BCUT2D eigenvalue weighted by Crippen LogP contribution is -2.35. The number of amides is 2. The van der Waals surface area contributed by atoms with Gasteiger partial charge in [-0.25, -0.2) is 0 Å². The van der Waals surface area contributed by atoms with E-state index in [1.165, 1.54) is 23.5 Å².